The zero-order valence-corrected chi connectivity index (χ0v) is 10.5. The number of anilines is 1. The molecule has 0 spiro atoms. The first-order chi connectivity index (χ1) is 8.04. The van der Waals surface area contributed by atoms with Gasteiger partial charge in [-0.05, 0) is 38.2 Å². The van der Waals surface area contributed by atoms with Crippen molar-refractivity contribution in [3.63, 3.8) is 0 Å². The fraction of sp³-hybridized carbons (Fsp3) is 0.167. The van der Waals surface area contributed by atoms with Crippen LogP contribution in [-0.2, 0) is 0 Å². The van der Waals surface area contributed by atoms with E-state index in [4.69, 9.17) is 11.6 Å². The van der Waals surface area contributed by atoms with E-state index in [1.165, 1.54) is 6.20 Å². The van der Waals surface area contributed by atoms with Crippen LogP contribution in [0.1, 0.15) is 24.2 Å². The molecule has 1 aromatic rings. The van der Waals surface area contributed by atoms with Gasteiger partial charge in [-0.2, -0.15) is 5.10 Å². The second-order valence-electron chi connectivity index (χ2n) is 3.54. The molecule has 1 rings (SSSR count). The highest BCUT2D eigenvalue weighted by atomic mass is 35.5. The van der Waals surface area contributed by atoms with Crippen LogP contribution >= 0.6 is 11.6 Å². The molecule has 0 heterocycles. The first kappa shape index (κ1) is 13.3. The van der Waals surface area contributed by atoms with E-state index in [-0.39, 0.29) is 5.91 Å². The predicted octanol–water partition coefficient (Wildman–Crippen LogP) is 3.02. The highest BCUT2D eigenvalue weighted by Crippen LogP contribution is 2.21. The maximum atomic E-state index is 11.5. The number of carbonyl (C=O) groups is 1. The molecule has 1 amide bonds. The summed E-state index contributed by atoms with van der Waals surface area (Å²) in [7, 11) is 0. The smallest absolute Gasteiger partial charge is 0.256 e. The summed E-state index contributed by atoms with van der Waals surface area (Å²) in [6.07, 6.45) is 1.32. The minimum absolute atomic E-state index is 0.285. The minimum atomic E-state index is -0.285. The van der Waals surface area contributed by atoms with Gasteiger partial charge in [0.1, 0.15) is 0 Å². The number of benzene rings is 1. The summed E-state index contributed by atoms with van der Waals surface area (Å²) in [4.78, 5) is 11.5. The van der Waals surface area contributed by atoms with Crippen LogP contribution < -0.4 is 10.7 Å². The molecule has 0 fully saturated rings. The van der Waals surface area contributed by atoms with Crippen molar-refractivity contribution in [2.24, 2.45) is 5.10 Å². The normalized spacial score (nSPS) is 9.35. The zero-order valence-electron chi connectivity index (χ0n) is 9.75. The predicted molar refractivity (Wildman–Crippen MR) is 71.5 cm³/mol. The fourth-order valence-electron chi connectivity index (χ4n) is 1.12. The number of hydrogen-bond acceptors (Lipinski definition) is 3. The number of rotatable bonds is 4. The summed E-state index contributed by atoms with van der Waals surface area (Å²) in [6, 6.07) is 5.01. The Balaban J connectivity index is 2.89. The molecule has 4 nitrogen and oxygen atoms in total. The Morgan fingerprint density at radius 1 is 1.47 bits per heavy atom. The Kier molecular flexibility index (Phi) is 4.72. The molecule has 0 atom stereocenters. The van der Waals surface area contributed by atoms with E-state index in [0.29, 0.717) is 10.6 Å². The van der Waals surface area contributed by atoms with Gasteiger partial charge in [-0.25, -0.2) is 0 Å². The van der Waals surface area contributed by atoms with Crippen LogP contribution in [0.5, 0.6) is 0 Å². The molecule has 90 valence electrons. The van der Waals surface area contributed by atoms with E-state index in [1.807, 2.05) is 13.8 Å². The number of hydrazone groups is 1. The number of amides is 1. The number of nitrogens with one attached hydrogen (secondary N) is 2. The van der Waals surface area contributed by atoms with Gasteiger partial charge in [-0.1, -0.05) is 18.2 Å². The van der Waals surface area contributed by atoms with E-state index < -0.39 is 0 Å². The van der Waals surface area contributed by atoms with E-state index in [2.05, 4.69) is 22.4 Å². The van der Waals surface area contributed by atoms with Crippen molar-refractivity contribution in [1.82, 2.24) is 5.32 Å². The molecule has 0 saturated carbocycles. The maximum Gasteiger partial charge on any atom is 0.256 e. The molecule has 0 saturated heterocycles. The van der Waals surface area contributed by atoms with Gasteiger partial charge in [-0.15, -0.1) is 0 Å². The third-order valence-electron chi connectivity index (χ3n) is 1.86. The molecular weight excluding hydrogens is 238 g/mol. The van der Waals surface area contributed by atoms with Crippen LogP contribution in [0.2, 0.25) is 5.02 Å². The number of nitrogens with zero attached hydrogens (tertiary/aromatic N) is 1. The Morgan fingerprint density at radius 2 is 2.18 bits per heavy atom. The van der Waals surface area contributed by atoms with Gasteiger partial charge >= 0.3 is 0 Å². The summed E-state index contributed by atoms with van der Waals surface area (Å²) in [5.41, 5.74) is 4.86. The van der Waals surface area contributed by atoms with Gasteiger partial charge in [0.15, 0.2) is 0 Å². The quantitative estimate of drug-likeness (QED) is 0.638. The highest BCUT2D eigenvalue weighted by molar-refractivity contribution is 6.34. The van der Waals surface area contributed by atoms with Gasteiger partial charge in [0.25, 0.3) is 5.91 Å². The Labute approximate surface area is 105 Å². The molecule has 0 aliphatic heterocycles. The first-order valence-electron chi connectivity index (χ1n) is 5.03. The molecule has 0 aliphatic rings. The lowest BCUT2D eigenvalue weighted by Gasteiger charge is -2.06. The summed E-state index contributed by atoms with van der Waals surface area (Å²) in [5, 5.41) is 6.86. The number of hydrogen-bond donors (Lipinski definition) is 2. The van der Waals surface area contributed by atoms with E-state index in [0.717, 1.165) is 11.4 Å². The highest BCUT2D eigenvalue weighted by Gasteiger charge is 2.09. The van der Waals surface area contributed by atoms with E-state index in [9.17, 15) is 4.79 Å². The zero-order chi connectivity index (χ0) is 12.8. The molecule has 0 unspecified atom stereocenters. The SMILES string of the molecule is C=CNC(=O)c1ccc(NN=C(C)C)cc1Cl. The summed E-state index contributed by atoms with van der Waals surface area (Å²) in [6.45, 7) is 7.17. The molecule has 1 aromatic carbocycles. The van der Waals surface area contributed by atoms with Crippen LogP contribution in [0.25, 0.3) is 0 Å². The van der Waals surface area contributed by atoms with Gasteiger partial charge in [0, 0.05) is 5.71 Å². The Hall–Kier alpha value is -1.81. The van der Waals surface area contributed by atoms with Crippen LogP contribution in [0.15, 0.2) is 36.1 Å². The van der Waals surface area contributed by atoms with Gasteiger partial charge in [0.05, 0.1) is 16.3 Å². The Morgan fingerprint density at radius 3 is 2.71 bits per heavy atom. The minimum Gasteiger partial charge on any atom is -0.329 e. The largest absolute Gasteiger partial charge is 0.329 e. The topological polar surface area (TPSA) is 53.5 Å². The molecule has 0 bridgehead atoms. The van der Waals surface area contributed by atoms with Crippen LogP contribution in [0.4, 0.5) is 5.69 Å². The maximum absolute atomic E-state index is 11.5. The fourth-order valence-corrected chi connectivity index (χ4v) is 1.38. The van der Waals surface area contributed by atoms with E-state index in [1.54, 1.807) is 18.2 Å². The van der Waals surface area contributed by atoms with Gasteiger partial charge < -0.3 is 5.32 Å². The summed E-state index contributed by atoms with van der Waals surface area (Å²) < 4.78 is 0. The standard InChI is InChI=1S/C12H14ClN3O/c1-4-14-12(17)10-6-5-9(7-11(10)13)16-15-8(2)3/h4-7,16H,1H2,2-3H3,(H,14,17). The number of halogens is 1. The Bertz CT molecular complexity index is 465. The van der Waals surface area contributed by atoms with Crippen molar-refractivity contribution in [3.05, 3.63) is 41.6 Å². The molecule has 0 aromatic heterocycles. The lowest BCUT2D eigenvalue weighted by Crippen LogP contribution is -2.16. The van der Waals surface area contributed by atoms with E-state index >= 15 is 0 Å². The van der Waals surface area contributed by atoms with Gasteiger partial charge in [0.2, 0.25) is 0 Å². The molecule has 0 aliphatic carbocycles. The monoisotopic (exact) mass is 251 g/mol. The molecule has 5 heteroatoms. The van der Waals surface area contributed by atoms with Crippen molar-refractivity contribution in [3.8, 4) is 0 Å². The molecule has 2 N–H and O–H groups in total. The first-order valence-corrected chi connectivity index (χ1v) is 5.40. The lowest BCUT2D eigenvalue weighted by atomic mass is 10.2. The van der Waals surface area contributed by atoms with Crippen molar-refractivity contribution in [2.75, 3.05) is 5.43 Å². The average molecular weight is 252 g/mol. The third-order valence-corrected chi connectivity index (χ3v) is 2.17. The summed E-state index contributed by atoms with van der Waals surface area (Å²) in [5.74, 6) is -0.285. The number of carbonyl (C=O) groups excluding carboxylic acids is 1. The lowest BCUT2D eigenvalue weighted by molar-refractivity contribution is 0.0970. The van der Waals surface area contributed by atoms with Crippen LogP contribution in [0.3, 0.4) is 0 Å². The average Bonchev–Trinajstić information content (AvgIpc) is 2.26. The van der Waals surface area contributed by atoms with Crippen molar-refractivity contribution < 1.29 is 4.79 Å². The second kappa shape index (κ2) is 6.06. The van der Waals surface area contributed by atoms with Crippen molar-refractivity contribution >= 4 is 28.9 Å². The molecular formula is C12H14ClN3O. The molecule has 0 radical (unpaired) electrons. The van der Waals surface area contributed by atoms with Crippen molar-refractivity contribution in [1.29, 1.82) is 0 Å². The van der Waals surface area contributed by atoms with Crippen LogP contribution in [-0.4, -0.2) is 11.6 Å². The van der Waals surface area contributed by atoms with Crippen molar-refractivity contribution in [2.45, 2.75) is 13.8 Å². The van der Waals surface area contributed by atoms with Crippen LogP contribution in [0, 0.1) is 0 Å². The van der Waals surface area contributed by atoms with Gasteiger partial charge in [-0.3, -0.25) is 10.2 Å². The third kappa shape index (κ3) is 3.92. The second-order valence-corrected chi connectivity index (χ2v) is 3.95. The molecule has 17 heavy (non-hydrogen) atoms. The summed E-state index contributed by atoms with van der Waals surface area (Å²) >= 11 is 5.99.